The zero-order valence-electron chi connectivity index (χ0n) is 16.9. The van der Waals surface area contributed by atoms with Gasteiger partial charge in [0.15, 0.2) is 22.9 Å². The minimum atomic E-state index is -1.55. The maximum atomic E-state index is 12.7. The number of benzene rings is 1. The number of carbonyl (C=O) groups is 1. The molecular weight excluding hydrogens is 388 g/mol. The lowest BCUT2D eigenvalue weighted by atomic mass is 9.94. The van der Waals surface area contributed by atoms with E-state index in [1.165, 1.54) is 15.8 Å². The summed E-state index contributed by atoms with van der Waals surface area (Å²) in [5.74, 6) is 0.651. The fourth-order valence-electron chi connectivity index (χ4n) is 3.06. The number of fused-ring (bicyclic) bond motifs is 1. The van der Waals surface area contributed by atoms with Gasteiger partial charge in [-0.15, -0.1) is 0 Å². The molecule has 0 fully saturated rings. The van der Waals surface area contributed by atoms with E-state index in [1.807, 2.05) is 0 Å². The molecule has 0 saturated carbocycles. The summed E-state index contributed by atoms with van der Waals surface area (Å²) in [6.45, 7) is 3.22. The number of aliphatic hydroxyl groups is 1. The van der Waals surface area contributed by atoms with Gasteiger partial charge >= 0.3 is 0 Å². The highest BCUT2D eigenvalue weighted by Crippen LogP contribution is 2.32. The Morgan fingerprint density at radius 2 is 2.03 bits per heavy atom. The first-order valence-corrected chi connectivity index (χ1v) is 9.05. The summed E-state index contributed by atoms with van der Waals surface area (Å²) in [6, 6.07) is 6.73. The Hall–Kier alpha value is -3.86. The van der Waals surface area contributed by atoms with Crippen molar-refractivity contribution < 1.29 is 14.4 Å². The molecule has 0 saturated heterocycles. The smallest absolute Gasteiger partial charge is 0.274 e. The molecule has 4 aromatic rings. The second kappa shape index (κ2) is 6.88. The molecule has 1 amide bonds. The van der Waals surface area contributed by atoms with E-state index in [9.17, 15) is 9.90 Å². The lowest BCUT2D eigenvalue weighted by Crippen LogP contribution is -2.23. The Balaban J connectivity index is 1.96. The normalized spacial score (nSPS) is 13.4. The lowest BCUT2D eigenvalue weighted by molar-refractivity contribution is 0.0638. The van der Waals surface area contributed by atoms with Gasteiger partial charge in [0.2, 0.25) is 5.95 Å². The van der Waals surface area contributed by atoms with Gasteiger partial charge in [0.25, 0.3) is 11.8 Å². The van der Waals surface area contributed by atoms with Crippen LogP contribution in [0.25, 0.3) is 16.7 Å². The second-order valence-electron chi connectivity index (χ2n) is 7.18. The number of carbonyl (C=O) groups excluding carboxylic acids is 1. The number of nitrogens with two attached hydrogens (primary N) is 1. The minimum absolute atomic E-state index is 0.0567. The van der Waals surface area contributed by atoms with Crippen LogP contribution < -0.4 is 5.73 Å². The van der Waals surface area contributed by atoms with E-state index in [2.05, 4.69) is 25.2 Å². The van der Waals surface area contributed by atoms with Crippen LogP contribution in [-0.2, 0) is 5.60 Å². The summed E-state index contributed by atoms with van der Waals surface area (Å²) < 4.78 is 6.66. The molecule has 30 heavy (non-hydrogen) atoms. The predicted molar refractivity (Wildman–Crippen MR) is 107 cm³/mol. The molecule has 0 bridgehead atoms. The molecule has 0 spiro atoms. The standard InChI is InChI=1S/C19H20N8O3/c1-10-22-17(30-25-10)19(2,29)11-5-6-12-13(9-11)27(14-7-8-21-18(20)23-14)24-15(12)16(28)26(3)4/h5-9,29H,1-4H3,(H2,20,21,23). The van der Waals surface area contributed by atoms with Crippen molar-refractivity contribution in [1.29, 1.82) is 0 Å². The Labute approximate surface area is 171 Å². The van der Waals surface area contributed by atoms with Crippen LogP contribution in [0.2, 0.25) is 0 Å². The van der Waals surface area contributed by atoms with Crippen LogP contribution in [0.5, 0.6) is 0 Å². The first-order valence-electron chi connectivity index (χ1n) is 9.05. The van der Waals surface area contributed by atoms with Crippen LogP contribution in [0, 0.1) is 6.92 Å². The van der Waals surface area contributed by atoms with Gasteiger partial charge in [-0.3, -0.25) is 4.79 Å². The SMILES string of the molecule is Cc1noc(C(C)(O)c2ccc3c(C(=O)N(C)C)nn(-c4ccnc(N)n4)c3c2)n1. The number of aromatic nitrogens is 6. The number of nitrogens with zero attached hydrogens (tertiary/aromatic N) is 7. The van der Waals surface area contributed by atoms with Crippen molar-refractivity contribution >= 4 is 22.8 Å². The summed E-state index contributed by atoms with van der Waals surface area (Å²) in [5.41, 5.74) is 5.44. The van der Waals surface area contributed by atoms with E-state index in [1.54, 1.807) is 52.2 Å². The van der Waals surface area contributed by atoms with E-state index in [0.29, 0.717) is 28.1 Å². The number of amides is 1. The number of aryl methyl sites for hydroxylation is 1. The van der Waals surface area contributed by atoms with Gasteiger partial charge < -0.3 is 20.3 Å². The number of rotatable bonds is 4. The zero-order chi connectivity index (χ0) is 21.6. The van der Waals surface area contributed by atoms with Crippen LogP contribution in [-0.4, -0.2) is 59.9 Å². The fraction of sp³-hybridized carbons (Fsp3) is 0.263. The number of nitrogen functional groups attached to an aromatic ring is 1. The van der Waals surface area contributed by atoms with Crippen molar-refractivity contribution in [2.75, 3.05) is 19.8 Å². The summed E-state index contributed by atoms with van der Waals surface area (Å²) in [6.07, 6.45) is 1.50. The molecule has 0 aliphatic heterocycles. The molecule has 0 aliphatic rings. The third kappa shape index (κ3) is 3.14. The molecule has 3 heterocycles. The third-order valence-electron chi connectivity index (χ3n) is 4.67. The van der Waals surface area contributed by atoms with Crippen molar-refractivity contribution in [3.8, 4) is 5.82 Å². The average Bonchev–Trinajstić information content (AvgIpc) is 3.31. The largest absolute Gasteiger partial charge is 0.376 e. The van der Waals surface area contributed by atoms with Gasteiger partial charge in [-0.25, -0.2) is 9.67 Å². The monoisotopic (exact) mass is 408 g/mol. The van der Waals surface area contributed by atoms with Crippen molar-refractivity contribution in [2.45, 2.75) is 19.4 Å². The number of hydrogen-bond donors (Lipinski definition) is 2. The van der Waals surface area contributed by atoms with E-state index < -0.39 is 5.60 Å². The Morgan fingerprint density at radius 1 is 1.27 bits per heavy atom. The maximum absolute atomic E-state index is 12.7. The van der Waals surface area contributed by atoms with Gasteiger partial charge in [-0.05, 0) is 31.5 Å². The highest BCUT2D eigenvalue weighted by molar-refractivity contribution is 6.05. The van der Waals surface area contributed by atoms with E-state index in [4.69, 9.17) is 10.3 Å². The van der Waals surface area contributed by atoms with Gasteiger partial charge in [0.05, 0.1) is 5.52 Å². The van der Waals surface area contributed by atoms with Crippen molar-refractivity contribution in [2.24, 2.45) is 0 Å². The maximum Gasteiger partial charge on any atom is 0.274 e. The first-order chi connectivity index (χ1) is 14.2. The molecule has 154 valence electrons. The lowest BCUT2D eigenvalue weighted by Gasteiger charge is -2.19. The minimum Gasteiger partial charge on any atom is -0.376 e. The Kier molecular flexibility index (Phi) is 4.46. The molecule has 4 rings (SSSR count). The summed E-state index contributed by atoms with van der Waals surface area (Å²) in [4.78, 5) is 26.4. The van der Waals surface area contributed by atoms with E-state index in [0.717, 1.165) is 0 Å². The summed E-state index contributed by atoms with van der Waals surface area (Å²) in [5, 5.41) is 19.9. The first kappa shape index (κ1) is 19.5. The molecule has 3 aromatic heterocycles. The highest BCUT2D eigenvalue weighted by Gasteiger charge is 2.33. The highest BCUT2D eigenvalue weighted by atomic mass is 16.5. The molecule has 1 atom stereocenters. The molecular formula is C19H20N8O3. The van der Waals surface area contributed by atoms with Crippen LogP contribution >= 0.6 is 0 Å². The summed E-state index contributed by atoms with van der Waals surface area (Å²) in [7, 11) is 3.29. The van der Waals surface area contributed by atoms with Crippen LogP contribution in [0.3, 0.4) is 0 Å². The fourth-order valence-corrected chi connectivity index (χ4v) is 3.06. The predicted octanol–water partition coefficient (Wildman–Crippen LogP) is 1.05. The zero-order valence-corrected chi connectivity index (χ0v) is 16.9. The van der Waals surface area contributed by atoms with Crippen LogP contribution in [0.4, 0.5) is 5.95 Å². The molecule has 11 nitrogen and oxygen atoms in total. The van der Waals surface area contributed by atoms with E-state index >= 15 is 0 Å². The summed E-state index contributed by atoms with van der Waals surface area (Å²) >= 11 is 0. The van der Waals surface area contributed by atoms with Crippen molar-refractivity contribution in [1.82, 2.24) is 34.8 Å². The van der Waals surface area contributed by atoms with E-state index in [-0.39, 0.29) is 23.4 Å². The number of hydrogen-bond acceptors (Lipinski definition) is 9. The molecule has 0 radical (unpaired) electrons. The number of anilines is 1. The average molecular weight is 408 g/mol. The van der Waals surface area contributed by atoms with Crippen molar-refractivity contribution in [3.05, 3.63) is 53.4 Å². The molecule has 0 aliphatic carbocycles. The molecule has 1 unspecified atom stereocenters. The molecule has 1 aromatic carbocycles. The quantitative estimate of drug-likeness (QED) is 0.505. The van der Waals surface area contributed by atoms with Gasteiger partial charge in [-0.2, -0.15) is 15.1 Å². The van der Waals surface area contributed by atoms with Crippen LogP contribution in [0.1, 0.15) is 34.7 Å². The second-order valence-corrected chi connectivity index (χ2v) is 7.18. The Morgan fingerprint density at radius 3 is 2.67 bits per heavy atom. The van der Waals surface area contributed by atoms with Crippen LogP contribution in [0.15, 0.2) is 35.0 Å². The molecule has 11 heteroatoms. The van der Waals surface area contributed by atoms with Gasteiger partial charge in [0, 0.05) is 31.7 Å². The van der Waals surface area contributed by atoms with Gasteiger partial charge in [-0.1, -0.05) is 11.2 Å². The topological polar surface area (TPSA) is 149 Å². The third-order valence-corrected chi connectivity index (χ3v) is 4.67. The Bertz CT molecular complexity index is 1260. The molecule has 3 N–H and O–H groups in total. The van der Waals surface area contributed by atoms with Crippen molar-refractivity contribution in [3.63, 3.8) is 0 Å². The van der Waals surface area contributed by atoms with Gasteiger partial charge in [0.1, 0.15) is 0 Å².